The minimum absolute atomic E-state index is 0.0434. The summed E-state index contributed by atoms with van der Waals surface area (Å²) >= 11 is 0. The number of hydrazone groups is 2. The Labute approximate surface area is 209 Å². The number of hydrogen-bond acceptors (Lipinski definition) is 6. The van der Waals surface area contributed by atoms with Gasteiger partial charge in [-0.1, -0.05) is 42.5 Å². The third-order valence-electron chi connectivity index (χ3n) is 6.50. The molecular weight excluding hydrogens is 456 g/mol. The molecule has 1 aliphatic heterocycles. The Morgan fingerprint density at radius 1 is 1.00 bits per heavy atom. The number of aryl methyl sites for hydroxylation is 2. The molecule has 0 unspecified atom stereocenters. The molecule has 184 valence electrons. The molecular formula is C28H28N4O4. The molecule has 0 fully saturated rings. The van der Waals surface area contributed by atoms with Crippen LogP contribution in [0.5, 0.6) is 5.75 Å². The number of carbonyl (C=O) groups excluding carboxylic acids is 1. The van der Waals surface area contributed by atoms with Gasteiger partial charge in [0.05, 0.1) is 22.5 Å². The molecule has 0 radical (unpaired) electrons. The summed E-state index contributed by atoms with van der Waals surface area (Å²) in [6.45, 7) is 8.96. The summed E-state index contributed by atoms with van der Waals surface area (Å²) in [4.78, 5) is 24.5. The summed E-state index contributed by atoms with van der Waals surface area (Å²) in [5, 5.41) is 30.3. The predicted molar refractivity (Wildman–Crippen MR) is 142 cm³/mol. The lowest BCUT2D eigenvalue weighted by Crippen LogP contribution is -2.28. The molecule has 1 amide bonds. The van der Waals surface area contributed by atoms with Crippen molar-refractivity contribution in [1.29, 1.82) is 0 Å². The van der Waals surface area contributed by atoms with E-state index in [1.54, 1.807) is 63.2 Å². The molecule has 3 aromatic rings. The van der Waals surface area contributed by atoms with Crippen LogP contribution in [0, 0.1) is 13.8 Å². The molecule has 1 aliphatic rings. The van der Waals surface area contributed by atoms with Crippen molar-refractivity contribution < 1.29 is 19.8 Å². The summed E-state index contributed by atoms with van der Waals surface area (Å²) in [6.07, 6.45) is 0. The third-order valence-corrected chi connectivity index (χ3v) is 6.50. The topological polar surface area (TPSA) is 115 Å². The van der Waals surface area contributed by atoms with Crippen molar-refractivity contribution in [3.05, 3.63) is 77.4 Å². The van der Waals surface area contributed by atoms with Gasteiger partial charge in [0.1, 0.15) is 5.75 Å². The normalized spacial score (nSPS) is 14.8. The second kappa shape index (κ2) is 9.30. The Hall–Kier alpha value is -4.46. The van der Waals surface area contributed by atoms with E-state index in [4.69, 9.17) is 0 Å². The number of amides is 1. The maximum Gasteiger partial charge on any atom is 0.313 e. The van der Waals surface area contributed by atoms with Crippen molar-refractivity contribution >= 4 is 34.7 Å². The Morgan fingerprint density at radius 2 is 1.69 bits per heavy atom. The lowest BCUT2D eigenvalue weighted by molar-refractivity contribution is -0.142. The van der Waals surface area contributed by atoms with Crippen LogP contribution in [0.4, 0.5) is 11.4 Å². The molecule has 8 nitrogen and oxygen atoms in total. The van der Waals surface area contributed by atoms with Crippen molar-refractivity contribution in [3.63, 3.8) is 0 Å². The molecule has 0 saturated carbocycles. The van der Waals surface area contributed by atoms with Crippen LogP contribution >= 0.6 is 0 Å². The highest BCUT2D eigenvalue weighted by Crippen LogP contribution is 2.36. The molecule has 1 heterocycles. The van der Waals surface area contributed by atoms with Gasteiger partial charge in [-0.15, -0.1) is 0 Å². The summed E-state index contributed by atoms with van der Waals surface area (Å²) in [5.74, 6) is -1.33. The fourth-order valence-electron chi connectivity index (χ4n) is 3.83. The Balaban J connectivity index is 1.57. The number of benzene rings is 3. The van der Waals surface area contributed by atoms with Crippen molar-refractivity contribution in [1.82, 2.24) is 0 Å². The average Bonchev–Trinajstić information content (AvgIpc) is 3.13. The SMILES string of the molecule is CC1=NN(c2ccc(C)c(C)c2)C(=O)/C1=N\Nc1cccc(-c2ccc(C(C)(C)C(=O)O)cc2)c1O. The zero-order valence-electron chi connectivity index (χ0n) is 20.8. The van der Waals surface area contributed by atoms with Gasteiger partial charge < -0.3 is 10.2 Å². The molecule has 8 heteroatoms. The number of nitrogens with one attached hydrogen (secondary N) is 1. The number of rotatable bonds is 6. The second-order valence-electron chi connectivity index (χ2n) is 9.35. The molecule has 0 aliphatic carbocycles. The Morgan fingerprint density at radius 3 is 2.33 bits per heavy atom. The number of aromatic hydroxyl groups is 1. The van der Waals surface area contributed by atoms with E-state index < -0.39 is 11.4 Å². The number of aliphatic carboxylic acids is 1. The minimum atomic E-state index is -1.03. The molecule has 0 saturated heterocycles. The highest BCUT2D eigenvalue weighted by Gasteiger charge is 2.31. The molecule has 0 aromatic heterocycles. The Kier molecular flexibility index (Phi) is 6.37. The van der Waals surface area contributed by atoms with E-state index in [0.717, 1.165) is 11.1 Å². The second-order valence-corrected chi connectivity index (χ2v) is 9.35. The van der Waals surface area contributed by atoms with Crippen LogP contribution in [-0.2, 0) is 15.0 Å². The summed E-state index contributed by atoms with van der Waals surface area (Å²) in [7, 11) is 0. The monoisotopic (exact) mass is 484 g/mol. The molecule has 0 atom stereocenters. The van der Waals surface area contributed by atoms with Crippen molar-refractivity contribution in [2.75, 3.05) is 10.4 Å². The van der Waals surface area contributed by atoms with Crippen LogP contribution in [0.15, 0.2) is 70.9 Å². The lowest BCUT2D eigenvalue weighted by atomic mass is 9.84. The molecule has 0 spiro atoms. The fraction of sp³-hybridized carbons (Fsp3) is 0.214. The Bertz CT molecular complexity index is 1420. The van der Waals surface area contributed by atoms with Gasteiger partial charge >= 0.3 is 11.9 Å². The smallest absolute Gasteiger partial charge is 0.313 e. The summed E-state index contributed by atoms with van der Waals surface area (Å²) in [6, 6.07) is 17.8. The summed E-state index contributed by atoms with van der Waals surface area (Å²) < 4.78 is 0. The number of carbonyl (C=O) groups is 2. The van der Waals surface area contributed by atoms with Crippen LogP contribution < -0.4 is 10.4 Å². The van der Waals surface area contributed by atoms with E-state index in [1.165, 1.54) is 5.01 Å². The number of para-hydroxylation sites is 1. The third kappa shape index (κ3) is 4.45. The van der Waals surface area contributed by atoms with Gasteiger partial charge in [0.15, 0.2) is 5.71 Å². The largest absolute Gasteiger partial charge is 0.505 e. The van der Waals surface area contributed by atoms with Gasteiger partial charge in [0, 0.05) is 5.56 Å². The predicted octanol–water partition coefficient (Wildman–Crippen LogP) is 5.23. The number of carboxylic acid groups (broad SMARTS) is 1. The van der Waals surface area contributed by atoms with E-state index in [9.17, 15) is 19.8 Å². The first-order valence-electron chi connectivity index (χ1n) is 11.5. The maximum absolute atomic E-state index is 13.0. The first-order chi connectivity index (χ1) is 17.0. The van der Waals surface area contributed by atoms with E-state index in [-0.39, 0.29) is 17.4 Å². The first-order valence-corrected chi connectivity index (χ1v) is 11.5. The van der Waals surface area contributed by atoms with Crippen LogP contribution in [0.3, 0.4) is 0 Å². The van der Waals surface area contributed by atoms with Crippen LogP contribution in [-0.4, -0.2) is 33.5 Å². The highest BCUT2D eigenvalue weighted by molar-refractivity contribution is 6.71. The van der Waals surface area contributed by atoms with E-state index >= 15 is 0 Å². The molecule has 3 N–H and O–H groups in total. The first kappa shape index (κ1) is 24.7. The van der Waals surface area contributed by atoms with Gasteiger partial charge in [0.2, 0.25) is 0 Å². The number of anilines is 2. The standard InChI is InChI=1S/C28H28N4O4/c1-16-9-14-21(15-17(16)2)32-26(34)24(18(3)31-32)30-29-23-8-6-7-22(25(23)33)19-10-12-20(13-11-19)28(4,5)27(35)36/h6-15,29,33H,1-5H3,(H,35,36)/b30-24-. The van der Waals surface area contributed by atoms with Gasteiger partial charge in [-0.2, -0.15) is 15.2 Å². The number of phenolic OH excluding ortho intramolecular Hbond substituents is 1. The van der Waals surface area contributed by atoms with E-state index in [2.05, 4.69) is 15.6 Å². The van der Waals surface area contributed by atoms with E-state index in [1.807, 2.05) is 32.0 Å². The number of hydrogen-bond donors (Lipinski definition) is 3. The minimum Gasteiger partial charge on any atom is -0.505 e. The maximum atomic E-state index is 13.0. The van der Waals surface area contributed by atoms with Crippen LogP contribution in [0.1, 0.15) is 37.5 Å². The van der Waals surface area contributed by atoms with Crippen LogP contribution in [0.2, 0.25) is 0 Å². The van der Waals surface area contributed by atoms with Gasteiger partial charge in [-0.3, -0.25) is 15.0 Å². The zero-order valence-corrected chi connectivity index (χ0v) is 20.8. The van der Waals surface area contributed by atoms with Crippen molar-refractivity contribution in [2.24, 2.45) is 10.2 Å². The fourth-order valence-corrected chi connectivity index (χ4v) is 3.83. The zero-order chi connectivity index (χ0) is 26.2. The molecule has 3 aromatic carbocycles. The number of phenols is 1. The quantitative estimate of drug-likeness (QED) is 0.327. The van der Waals surface area contributed by atoms with Gasteiger partial charge in [-0.25, -0.2) is 0 Å². The average molecular weight is 485 g/mol. The van der Waals surface area contributed by atoms with E-state index in [0.29, 0.717) is 33.8 Å². The van der Waals surface area contributed by atoms with Crippen molar-refractivity contribution in [3.8, 4) is 16.9 Å². The number of carboxylic acids is 1. The van der Waals surface area contributed by atoms with Crippen molar-refractivity contribution in [2.45, 2.75) is 40.0 Å². The van der Waals surface area contributed by atoms with Gasteiger partial charge in [-0.05, 0) is 75.1 Å². The molecule has 36 heavy (non-hydrogen) atoms. The highest BCUT2D eigenvalue weighted by atomic mass is 16.4. The summed E-state index contributed by atoms with van der Waals surface area (Å²) in [5.41, 5.74) is 7.44. The molecule has 4 rings (SSSR count). The van der Waals surface area contributed by atoms with Crippen LogP contribution in [0.25, 0.3) is 11.1 Å². The molecule has 0 bridgehead atoms. The van der Waals surface area contributed by atoms with Gasteiger partial charge in [0.25, 0.3) is 0 Å². The number of nitrogens with zero attached hydrogens (tertiary/aromatic N) is 3. The lowest BCUT2D eigenvalue weighted by Gasteiger charge is -2.20.